The Bertz CT molecular complexity index is 331. The normalized spacial score (nSPS) is 21.9. The highest BCUT2D eigenvalue weighted by Gasteiger charge is 2.19. The number of rotatable bonds is 4. The van der Waals surface area contributed by atoms with Crippen LogP contribution < -0.4 is 10.6 Å². The third-order valence-electron chi connectivity index (χ3n) is 3.06. The first-order chi connectivity index (χ1) is 7.75. The van der Waals surface area contributed by atoms with Crippen molar-refractivity contribution in [3.05, 3.63) is 22.4 Å². The van der Waals surface area contributed by atoms with Gasteiger partial charge in [0.15, 0.2) is 0 Å². The Morgan fingerprint density at radius 2 is 2.62 bits per heavy atom. The fourth-order valence-corrected chi connectivity index (χ4v) is 2.81. The molecule has 1 aliphatic rings. The summed E-state index contributed by atoms with van der Waals surface area (Å²) in [5, 5.41) is 10.5. The lowest BCUT2D eigenvalue weighted by Gasteiger charge is -2.14. The van der Waals surface area contributed by atoms with Gasteiger partial charge in [-0.05, 0) is 54.7 Å². The maximum atomic E-state index is 11.8. The smallest absolute Gasteiger partial charge is 0.220 e. The number of nitrogens with one attached hydrogen (secondary N) is 2. The van der Waals surface area contributed by atoms with E-state index in [9.17, 15) is 4.79 Å². The van der Waals surface area contributed by atoms with Crippen molar-refractivity contribution >= 4 is 17.2 Å². The van der Waals surface area contributed by atoms with Crippen LogP contribution >= 0.6 is 11.3 Å². The van der Waals surface area contributed by atoms with Gasteiger partial charge in [0, 0.05) is 6.42 Å². The van der Waals surface area contributed by atoms with E-state index in [1.807, 2.05) is 12.3 Å². The van der Waals surface area contributed by atoms with Crippen LogP contribution in [0.2, 0.25) is 0 Å². The molecule has 1 aromatic rings. The van der Waals surface area contributed by atoms with Crippen molar-refractivity contribution in [3.63, 3.8) is 0 Å². The maximum absolute atomic E-state index is 11.8. The van der Waals surface area contributed by atoms with E-state index in [1.54, 1.807) is 11.3 Å². The van der Waals surface area contributed by atoms with Gasteiger partial charge in [-0.25, -0.2) is 0 Å². The molecule has 4 heteroatoms. The highest BCUT2D eigenvalue weighted by molar-refractivity contribution is 7.07. The molecule has 2 unspecified atom stereocenters. The molecule has 0 aromatic carbocycles. The van der Waals surface area contributed by atoms with Crippen LogP contribution in [0.5, 0.6) is 0 Å². The molecule has 1 aliphatic heterocycles. The van der Waals surface area contributed by atoms with Crippen LogP contribution in [0.3, 0.4) is 0 Å². The third-order valence-corrected chi connectivity index (χ3v) is 3.76. The summed E-state index contributed by atoms with van der Waals surface area (Å²) in [5.41, 5.74) is 1.20. The van der Waals surface area contributed by atoms with E-state index < -0.39 is 0 Å². The Morgan fingerprint density at radius 1 is 1.75 bits per heavy atom. The Kier molecular flexibility index (Phi) is 3.96. The molecule has 0 bridgehead atoms. The minimum absolute atomic E-state index is 0.133. The van der Waals surface area contributed by atoms with Crippen molar-refractivity contribution in [1.29, 1.82) is 0 Å². The number of hydrogen-bond donors (Lipinski definition) is 2. The minimum atomic E-state index is 0.133. The van der Waals surface area contributed by atoms with Crippen molar-refractivity contribution in [1.82, 2.24) is 10.6 Å². The molecule has 1 aromatic heterocycles. The van der Waals surface area contributed by atoms with Crippen molar-refractivity contribution < 1.29 is 4.79 Å². The zero-order valence-corrected chi connectivity index (χ0v) is 10.3. The molecule has 88 valence electrons. The molecule has 2 heterocycles. The summed E-state index contributed by atoms with van der Waals surface area (Å²) in [4.78, 5) is 11.8. The first-order valence-electron chi connectivity index (χ1n) is 5.78. The molecule has 0 saturated carbocycles. The van der Waals surface area contributed by atoms with Gasteiger partial charge in [-0.2, -0.15) is 11.3 Å². The van der Waals surface area contributed by atoms with Gasteiger partial charge in [-0.3, -0.25) is 4.79 Å². The standard InChI is InChI=1S/C12H18N2OS/c1-9(11-3-5-16-8-11)14-12(15)6-10-2-4-13-7-10/h3,5,8-10,13H,2,4,6-7H2,1H3,(H,14,15). The molecule has 0 radical (unpaired) electrons. The summed E-state index contributed by atoms with van der Waals surface area (Å²) in [6.07, 6.45) is 1.78. The highest BCUT2D eigenvalue weighted by atomic mass is 32.1. The van der Waals surface area contributed by atoms with Crippen LogP contribution in [-0.4, -0.2) is 19.0 Å². The van der Waals surface area contributed by atoms with Gasteiger partial charge in [-0.15, -0.1) is 0 Å². The molecular weight excluding hydrogens is 220 g/mol. The maximum Gasteiger partial charge on any atom is 0.220 e. The number of carbonyl (C=O) groups is 1. The molecule has 16 heavy (non-hydrogen) atoms. The zero-order valence-electron chi connectivity index (χ0n) is 9.53. The van der Waals surface area contributed by atoms with Gasteiger partial charge in [0.1, 0.15) is 0 Å². The van der Waals surface area contributed by atoms with Gasteiger partial charge in [0.05, 0.1) is 6.04 Å². The molecule has 2 atom stereocenters. The molecule has 2 N–H and O–H groups in total. The monoisotopic (exact) mass is 238 g/mol. The van der Waals surface area contributed by atoms with Gasteiger partial charge in [0.25, 0.3) is 0 Å². The molecule has 1 saturated heterocycles. The minimum Gasteiger partial charge on any atom is -0.350 e. The first kappa shape index (κ1) is 11.6. The van der Waals surface area contributed by atoms with Crippen molar-refractivity contribution in [2.24, 2.45) is 5.92 Å². The molecule has 3 nitrogen and oxygen atoms in total. The van der Waals surface area contributed by atoms with E-state index in [2.05, 4.69) is 22.1 Å². The van der Waals surface area contributed by atoms with Crippen LogP contribution in [0.15, 0.2) is 16.8 Å². The zero-order chi connectivity index (χ0) is 11.4. The SMILES string of the molecule is CC(NC(=O)CC1CCNC1)c1ccsc1. The predicted molar refractivity (Wildman–Crippen MR) is 66.5 cm³/mol. The summed E-state index contributed by atoms with van der Waals surface area (Å²) in [5.74, 6) is 0.696. The van der Waals surface area contributed by atoms with E-state index in [-0.39, 0.29) is 11.9 Å². The summed E-state index contributed by atoms with van der Waals surface area (Å²) < 4.78 is 0. The number of hydrogen-bond acceptors (Lipinski definition) is 3. The largest absolute Gasteiger partial charge is 0.350 e. The topological polar surface area (TPSA) is 41.1 Å². The molecule has 1 fully saturated rings. The molecule has 2 rings (SSSR count). The van der Waals surface area contributed by atoms with E-state index in [4.69, 9.17) is 0 Å². The van der Waals surface area contributed by atoms with Gasteiger partial charge in [0.2, 0.25) is 5.91 Å². The lowest BCUT2D eigenvalue weighted by atomic mass is 10.0. The fraction of sp³-hybridized carbons (Fsp3) is 0.583. The number of amides is 1. The Morgan fingerprint density at radius 3 is 3.25 bits per heavy atom. The second kappa shape index (κ2) is 5.46. The average Bonchev–Trinajstić information content (AvgIpc) is 2.88. The van der Waals surface area contributed by atoms with Crippen LogP contribution in [-0.2, 0) is 4.79 Å². The van der Waals surface area contributed by atoms with Crippen LogP contribution in [0.25, 0.3) is 0 Å². The van der Waals surface area contributed by atoms with Gasteiger partial charge < -0.3 is 10.6 Å². The van der Waals surface area contributed by atoms with E-state index in [0.29, 0.717) is 12.3 Å². The van der Waals surface area contributed by atoms with Crippen LogP contribution in [0.1, 0.15) is 31.4 Å². The second-order valence-electron chi connectivity index (χ2n) is 4.41. The van der Waals surface area contributed by atoms with E-state index >= 15 is 0 Å². The van der Waals surface area contributed by atoms with Gasteiger partial charge in [-0.1, -0.05) is 0 Å². The number of carbonyl (C=O) groups excluding carboxylic acids is 1. The molecule has 0 spiro atoms. The third kappa shape index (κ3) is 3.06. The summed E-state index contributed by atoms with van der Waals surface area (Å²) >= 11 is 1.67. The Labute approximate surface area is 100 Å². The lowest BCUT2D eigenvalue weighted by molar-refractivity contribution is -0.122. The summed E-state index contributed by atoms with van der Waals surface area (Å²) in [6.45, 7) is 4.07. The van der Waals surface area contributed by atoms with Crippen molar-refractivity contribution in [2.75, 3.05) is 13.1 Å². The van der Waals surface area contributed by atoms with E-state index in [0.717, 1.165) is 19.5 Å². The molecule has 0 aliphatic carbocycles. The second-order valence-corrected chi connectivity index (χ2v) is 5.19. The van der Waals surface area contributed by atoms with Crippen molar-refractivity contribution in [2.45, 2.75) is 25.8 Å². The van der Waals surface area contributed by atoms with Crippen LogP contribution in [0, 0.1) is 5.92 Å². The van der Waals surface area contributed by atoms with Gasteiger partial charge >= 0.3 is 0 Å². The Balaban J connectivity index is 1.78. The predicted octanol–water partition coefficient (Wildman–Crippen LogP) is 1.92. The Hall–Kier alpha value is -0.870. The quantitative estimate of drug-likeness (QED) is 0.841. The fourth-order valence-electron chi connectivity index (χ4n) is 2.06. The summed E-state index contributed by atoms with van der Waals surface area (Å²) in [6, 6.07) is 2.19. The first-order valence-corrected chi connectivity index (χ1v) is 6.72. The average molecular weight is 238 g/mol. The summed E-state index contributed by atoms with van der Waals surface area (Å²) in [7, 11) is 0. The number of thiophene rings is 1. The highest BCUT2D eigenvalue weighted by Crippen LogP contribution is 2.17. The van der Waals surface area contributed by atoms with Crippen LogP contribution in [0.4, 0.5) is 0 Å². The van der Waals surface area contributed by atoms with E-state index in [1.165, 1.54) is 5.56 Å². The molecular formula is C12H18N2OS. The molecule has 1 amide bonds. The lowest BCUT2D eigenvalue weighted by Crippen LogP contribution is -2.28. The van der Waals surface area contributed by atoms with Crippen molar-refractivity contribution in [3.8, 4) is 0 Å².